The number of thioether (sulfide) groups is 1. The highest BCUT2D eigenvalue weighted by Crippen LogP contribution is 2.15. The Morgan fingerprint density at radius 1 is 1.04 bits per heavy atom. The van der Waals surface area contributed by atoms with Gasteiger partial charge in [-0.1, -0.05) is 42.5 Å². The molecule has 140 valence electrons. The fraction of sp³-hybridized carbons (Fsp3) is 0.238. The Bertz CT molecular complexity index is 814. The van der Waals surface area contributed by atoms with Gasteiger partial charge in [-0.2, -0.15) is 0 Å². The minimum atomic E-state index is 0.747. The second kappa shape index (κ2) is 10.4. The number of hydrogen-bond donors (Lipinski definition) is 2. The number of nitrogens with one attached hydrogen (secondary N) is 2. The molecular weight excluding hydrogens is 354 g/mol. The Morgan fingerprint density at radius 2 is 1.81 bits per heavy atom. The molecule has 0 aliphatic rings. The van der Waals surface area contributed by atoms with E-state index in [9.17, 15) is 0 Å². The molecule has 0 saturated heterocycles. The van der Waals surface area contributed by atoms with E-state index in [4.69, 9.17) is 0 Å². The zero-order valence-corrected chi connectivity index (χ0v) is 16.3. The molecule has 3 rings (SSSR count). The lowest BCUT2D eigenvalue weighted by molar-refractivity contribution is 0.794. The second-order valence-corrected chi connectivity index (χ2v) is 7.23. The molecule has 0 unspecified atom stereocenters. The number of guanidine groups is 1. The first-order valence-corrected chi connectivity index (χ1v) is 9.98. The largest absolute Gasteiger partial charge is 0.356 e. The molecular formula is C21H25N5S. The van der Waals surface area contributed by atoms with Crippen LogP contribution < -0.4 is 10.6 Å². The highest BCUT2D eigenvalue weighted by molar-refractivity contribution is 7.99. The molecule has 0 aliphatic heterocycles. The van der Waals surface area contributed by atoms with E-state index in [-0.39, 0.29) is 0 Å². The van der Waals surface area contributed by atoms with Crippen molar-refractivity contribution in [2.45, 2.75) is 18.0 Å². The molecule has 3 aromatic rings. The van der Waals surface area contributed by atoms with Crippen LogP contribution in [0.25, 0.3) is 0 Å². The number of hydrogen-bond acceptors (Lipinski definition) is 3. The van der Waals surface area contributed by atoms with E-state index < -0.39 is 0 Å². The topological polar surface area (TPSA) is 54.2 Å². The number of aromatic nitrogens is 2. The maximum Gasteiger partial charge on any atom is 0.191 e. The Kier molecular flexibility index (Phi) is 7.35. The Labute approximate surface area is 164 Å². The molecule has 0 fully saturated rings. The van der Waals surface area contributed by atoms with Crippen molar-refractivity contribution in [3.05, 3.63) is 84.4 Å². The predicted octanol–water partition coefficient (Wildman–Crippen LogP) is 3.39. The molecule has 27 heavy (non-hydrogen) atoms. The van der Waals surface area contributed by atoms with Crippen molar-refractivity contribution in [3.63, 3.8) is 0 Å². The van der Waals surface area contributed by atoms with E-state index in [1.165, 1.54) is 16.0 Å². The van der Waals surface area contributed by atoms with E-state index in [2.05, 4.69) is 73.7 Å². The summed E-state index contributed by atoms with van der Waals surface area (Å²) in [6, 6.07) is 19.1. The Balaban J connectivity index is 1.38. The molecule has 2 N–H and O–H groups in total. The highest BCUT2D eigenvalue weighted by atomic mass is 32.2. The average Bonchev–Trinajstić information content (AvgIpc) is 3.22. The van der Waals surface area contributed by atoms with Gasteiger partial charge in [-0.3, -0.25) is 4.99 Å². The molecule has 0 saturated carbocycles. The van der Waals surface area contributed by atoms with Crippen LogP contribution >= 0.6 is 11.8 Å². The summed E-state index contributed by atoms with van der Waals surface area (Å²) in [5.74, 6) is 1.82. The van der Waals surface area contributed by atoms with Gasteiger partial charge in [0.05, 0.1) is 6.33 Å². The van der Waals surface area contributed by atoms with E-state index >= 15 is 0 Å². The smallest absolute Gasteiger partial charge is 0.191 e. The summed E-state index contributed by atoms with van der Waals surface area (Å²) in [5, 5.41) is 6.72. The van der Waals surface area contributed by atoms with Crippen LogP contribution in [-0.4, -0.2) is 34.9 Å². The molecule has 0 atom stereocenters. The summed E-state index contributed by atoms with van der Waals surface area (Å²) in [7, 11) is 1.80. The lowest BCUT2D eigenvalue weighted by Gasteiger charge is -2.12. The first kappa shape index (κ1) is 19.0. The van der Waals surface area contributed by atoms with Crippen LogP contribution in [0.5, 0.6) is 0 Å². The quantitative estimate of drug-likeness (QED) is 0.273. The van der Waals surface area contributed by atoms with Crippen molar-refractivity contribution in [3.8, 4) is 0 Å². The van der Waals surface area contributed by atoms with Gasteiger partial charge in [0.15, 0.2) is 5.96 Å². The van der Waals surface area contributed by atoms with Crippen LogP contribution in [0.3, 0.4) is 0 Å². The molecule has 1 aromatic heterocycles. The lowest BCUT2D eigenvalue weighted by Crippen LogP contribution is -2.37. The van der Waals surface area contributed by atoms with Crippen LogP contribution in [0.1, 0.15) is 11.1 Å². The Hall–Kier alpha value is -2.73. The van der Waals surface area contributed by atoms with E-state index in [0.29, 0.717) is 0 Å². The van der Waals surface area contributed by atoms with Gasteiger partial charge in [-0.05, 0) is 23.3 Å². The monoisotopic (exact) mass is 379 g/mol. The van der Waals surface area contributed by atoms with Crippen molar-refractivity contribution < 1.29 is 0 Å². The molecule has 2 aromatic carbocycles. The van der Waals surface area contributed by atoms with Crippen LogP contribution in [0.4, 0.5) is 0 Å². The summed E-state index contributed by atoms with van der Waals surface area (Å²) in [4.78, 5) is 9.65. The maximum atomic E-state index is 4.29. The normalized spacial score (nSPS) is 11.4. The minimum Gasteiger partial charge on any atom is -0.356 e. The summed E-state index contributed by atoms with van der Waals surface area (Å²) in [5.41, 5.74) is 2.49. The molecule has 0 amide bonds. The molecule has 5 nitrogen and oxygen atoms in total. The molecule has 0 spiro atoms. The molecule has 1 heterocycles. The number of rotatable bonds is 8. The summed E-state index contributed by atoms with van der Waals surface area (Å²) >= 11 is 1.84. The fourth-order valence-corrected chi connectivity index (χ4v) is 3.40. The zero-order chi connectivity index (χ0) is 18.7. The van der Waals surface area contributed by atoms with E-state index in [1.807, 2.05) is 30.4 Å². The van der Waals surface area contributed by atoms with Crippen LogP contribution in [0.2, 0.25) is 0 Å². The van der Waals surface area contributed by atoms with Crippen LogP contribution in [0, 0.1) is 0 Å². The predicted molar refractivity (Wildman–Crippen MR) is 113 cm³/mol. The highest BCUT2D eigenvalue weighted by Gasteiger charge is 2.00. The Morgan fingerprint density at radius 3 is 2.52 bits per heavy atom. The summed E-state index contributed by atoms with van der Waals surface area (Å²) < 4.78 is 2.06. The first-order chi connectivity index (χ1) is 13.3. The van der Waals surface area contributed by atoms with Gasteiger partial charge in [0.1, 0.15) is 0 Å². The van der Waals surface area contributed by atoms with Gasteiger partial charge >= 0.3 is 0 Å². The van der Waals surface area contributed by atoms with Gasteiger partial charge < -0.3 is 15.2 Å². The standard InChI is InChI=1S/C21H25N5S/c1-22-21(24-12-14-27-20-5-3-2-4-6-20)25-15-18-7-9-19(10-8-18)16-26-13-11-23-17-26/h2-11,13,17H,12,14-16H2,1H3,(H2,22,24,25). The SMILES string of the molecule is CN=C(NCCSc1ccccc1)NCc1ccc(Cn2ccnc2)cc1. The molecule has 0 bridgehead atoms. The first-order valence-electron chi connectivity index (χ1n) is 8.99. The van der Waals surface area contributed by atoms with Gasteiger partial charge in [0.2, 0.25) is 0 Å². The summed E-state index contributed by atoms with van der Waals surface area (Å²) in [6.07, 6.45) is 5.61. The second-order valence-electron chi connectivity index (χ2n) is 6.07. The summed E-state index contributed by atoms with van der Waals surface area (Å²) in [6.45, 7) is 2.45. The number of imidazole rings is 1. The van der Waals surface area contributed by atoms with Crippen molar-refractivity contribution in [1.29, 1.82) is 0 Å². The third-order valence-electron chi connectivity index (χ3n) is 4.04. The minimum absolute atomic E-state index is 0.747. The number of aliphatic imine (C=N–C) groups is 1. The van der Waals surface area contributed by atoms with Crippen molar-refractivity contribution in [2.75, 3.05) is 19.3 Å². The van der Waals surface area contributed by atoms with Crippen molar-refractivity contribution in [2.24, 2.45) is 4.99 Å². The average molecular weight is 380 g/mol. The van der Waals surface area contributed by atoms with Gasteiger partial charge in [0, 0.05) is 49.7 Å². The molecule has 0 aliphatic carbocycles. The zero-order valence-electron chi connectivity index (χ0n) is 15.5. The van der Waals surface area contributed by atoms with E-state index in [1.54, 1.807) is 13.2 Å². The maximum absolute atomic E-state index is 4.29. The van der Waals surface area contributed by atoms with Crippen molar-refractivity contribution >= 4 is 17.7 Å². The molecule has 6 heteroatoms. The number of nitrogens with zero attached hydrogens (tertiary/aromatic N) is 3. The van der Waals surface area contributed by atoms with Gasteiger partial charge in [-0.25, -0.2) is 4.98 Å². The van der Waals surface area contributed by atoms with Crippen LogP contribution in [-0.2, 0) is 13.1 Å². The van der Waals surface area contributed by atoms with E-state index in [0.717, 1.165) is 31.3 Å². The third kappa shape index (κ3) is 6.49. The fourth-order valence-electron chi connectivity index (χ4n) is 2.62. The van der Waals surface area contributed by atoms with Crippen molar-refractivity contribution in [1.82, 2.24) is 20.2 Å². The molecule has 0 radical (unpaired) electrons. The number of benzene rings is 2. The third-order valence-corrected chi connectivity index (χ3v) is 5.05. The van der Waals surface area contributed by atoms with Crippen LogP contribution in [0.15, 0.2) is 83.2 Å². The van der Waals surface area contributed by atoms with Gasteiger partial charge in [0.25, 0.3) is 0 Å². The lowest BCUT2D eigenvalue weighted by atomic mass is 10.1. The van der Waals surface area contributed by atoms with Gasteiger partial charge in [-0.15, -0.1) is 11.8 Å².